The number of carbonyl (C=O) groups excluding carboxylic acids is 3. The molecule has 0 aromatic carbocycles. The van der Waals surface area contributed by atoms with Gasteiger partial charge in [0.05, 0.1) is 0 Å². The summed E-state index contributed by atoms with van der Waals surface area (Å²) >= 11 is 1.17. The van der Waals surface area contributed by atoms with Gasteiger partial charge in [0.15, 0.2) is 5.12 Å². The fraction of sp³-hybridized carbons (Fsp3) is 0.500. The lowest BCUT2D eigenvalue weighted by atomic mass is 10.2. The zero-order valence-corrected chi connectivity index (χ0v) is 15.0. The number of rotatable bonds is 3. The first-order valence-electron chi connectivity index (χ1n) is 7.59. The van der Waals surface area contributed by atoms with Crippen LogP contribution in [-0.4, -0.2) is 39.5 Å². The lowest BCUT2D eigenvalue weighted by molar-refractivity contribution is -0.117. The summed E-state index contributed by atoms with van der Waals surface area (Å²) in [6.07, 6.45) is -0.305. The molecule has 1 aliphatic rings. The second kappa shape index (κ2) is 7.21. The minimum atomic E-state index is -0.607. The van der Waals surface area contributed by atoms with Gasteiger partial charge in [-0.15, -0.1) is 0 Å². The molecule has 0 radical (unpaired) electrons. The molecular weight excluding hydrogens is 330 g/mol. The van der Waals surface area contributed by atoms with Crippen molar-refractivity contribution in [2.45, 2.75) is 45.0 Å². The Bertz CT molecular complexity index is 657. The molecule has 1 saturated heterocycles. The normalized spacial score (nSPS) is 17.8. The number of pyridine rings is 1. The fourth-order valence-electron chi connectivity index (χ4n) is 2.26. The highest BCUT2D eigenvalue weighted by atomic mass is 32.2. The van der Waals surface area contributed by atoms with Crippen molar-refractivity contribution in [1.82, 2.24) is 4.98 Å². The summed E-state index contributed by atoms with van der Waals surface area (Å²) in [5.74, 6) is 0.660. The van der Waals surface area contributed by atoms with E-state index in [0.717, 1.165) is 0 Å². The summed E-state index contributed by atoms with van der Waals surface area (Å²) in [4.78, 5) is 41.0. The second-order valence-corrected chi connectivity index (χ2v) is 7.93. The van der Waals surface area contributed by atoms with E-state index in [9.17, 15) is 14.4 Å². The van der Waals surface area contributed by atoms with Crippen LogP contribution in [0.2, 0.25) is 0 Å². The maximum Gasteiger partial charge on any atom is 0.413 e. The molecule has 2 heterocycles. The Morgan fingerprint density at radius 2 is 2.08 bits per heavy atom. The Labute approximate surface area is 145 Å². The molecule has 24 heavy (non-hydrogen) atoms. The van der Waals surface area contributed by atoms with Crippen LogP contribution in [0.25, 0.3) is 0 Å². The Balaban J connectivity index is 2.06. The number of thioether (sulfide) groups is 1. The molecule has 2 rings (SSSR count). The van der Waals surface area contributed by atoms with Crippen molar-refractivity contribution < 1.29 is 19.1 Å². The van der Waals surface area contributed by atoms with E-state index in [1.165, 1.54) is 23.6 Å². The maximum atomic E-state index is 12.1. The lowest BCUT2D eigenvalue weighted by Gasteiger charge is -2.20. The molecule has 1 N–H and O–H groups in total. The minimum Gasteiger partial charge on any atom is -0.444 e. The molecule has 0 bridgehead atoms. The molecule has 8 heteroatoms. The first-order valence-corrected chi connectivity index (χ1v) is 8.46. The van der Waals surface area contributed by atoms with Gasteiger partial charge >= 0.3 is 6.09 Å². The molecule has 1 atom stereocenters. The van der Waals surface area contributed by atoms with Gasteiger partial charge in [-0.25, -0.2) is 9.78 Å². The predicted octanol–water partition coefficient (Wildman–Crippen LogP) is 2.81. The van der Waals surface area contributed by atoms with Crippen LogP contribution >= 0.6 is 11.8 Å². The molecule has 0 spiro atoms. The van der Waals surface area contributed by atoms with Gasteiger partial charge < -0.3 is 4.74 Å². The van der Waals surface area contributed by atoms with Gasteiger partial charge in [-0.05, 0) is 32.9 Å². The van der Waals surface area contributed by atoms with Crippen LogP contribution in [0.4, 0.5) is 16.4 Å². The quantitative estimate of drug-likeness (QED) is 0.901. The topological polar surface area (TPSA) is 88.6 Å². The second-order valence-electron chi connectivity index (χ2n) is 6.45. The molecule has 1 aliphatic heterocycles. The molecule has 0 aliphatic carbocycles. The maximum absolute atomic E-state index is 12.1. The molecular formula is C16H21N3O4S. The third kappa shape index (κ3) is 5.23. The minimum absolute atomic E-state index is 0.0112. The lowest BCUT2D eigenvalue weighted by Crippen LogP contribution is -2.28. The number of nitrogens with one attached hydrogen (secondary N) is 1. The molecule has 0 saturated carbocycles. The van der Waals surface area contributed by atoms with Gasteiger partial charge in [0, 0.05) is 25.1 Å². The van der Waals surface area contributed by atoms with E-state index in [1.54, 1.807) is 39.0 Å². The molecule has 1 aromatic rings. The van der Waals surface area contributed by atoms with Crippen molar-refractivity contribution in [3.8, 4) is 0 Å². The predicted molar refractivity (Wildman–Crippen MR) is 93.1 cm³/mol. The van der Waals surface area contributed by atoms with Crippen LogP contribution in [-0.2, 0) is 14.3 Å². The number of hydrogen-bond acceptors (Lipinski definition) is 6. The number of nitrogens with zero attached hydrogens (tertiary/aromatic N) is 2. The van der Waals surface area contributed by atoms with E-state index in [-0.39, 0.29) is 16.3 Å². The van der Waals surface area contributed by atoms with Crippen LogP contribution < -0.4 is 10.2 Å². The van der Waals surface area contributed by atoms with E-state index in [2.05, 4.69) is 10.3 Å². The first kappa shape index (κ1) is 18.3. The van der Waals surface area contributed by atoms with Gasteiger partial charge in [-0.1, -0.05) is 17.8 Å². The zero-order valence-electron chi connectivity index (χ0n) is 14.2. The van der Waals surface area contributed by atoms with Crippen LogP contribution in [0.3, 0.4) is 0 Å². The van der Waals surface area contributed by atoms with E-state index in [1.807, 2.05) is 0 Å². The zero-order chi connectivity index (χ0) is 17.9. The van der Waals surface area contributed by atoms with Gasteiger partial charge in [0.2, 0.25) is 5.91 Å². The molecule has 2 amide bonds. The SMILES string of the molecule is CC(=O)SC1CC(=O)N(c2cccc(NC(=O)OC(C)(C)C)n2)C1. The monoisotopic (exact) mass is 351 g/mol. The third-order valence-electron chi connectivity index (χ3n) is 3.06. The molecule has 130 valence electrons. The van der Waals surface area contributed by atoms with E-state index in [4.69, 9.17) is 4.74 Å². The summed E-state index contributed by atoms with van der Waals surface area (Å²) in [7, 11) is 0. The van der Waals surface area contributed by atoms with Crippen molar-refractivity contribution >= 4 is 40.5 Å². The summed E-state index contributed by atoms with van der Waals surface area (Å²) in [5.41, 5.74) is -0.607. The Kier molecular flexibility index (Phi) is 5.48. The number of anilines is 2. The van der Waals surface area contributed by atoms with Crippen LogP contribution in [0.15, 0.2) is 18.2 Å². The van der Waals surface area contributed by atoms with E-state index in [0.29, 0.717) is 24.6 Å². The number of aromatic nitrogens is 1. The highest BCUT2D eigenvalue weighted by Crippen LogP contribution is 2.28. The molecule has 7 nitrogen and oxygen atoms in total. The summed E-state index contributed by atoms with van der Waals surface area (Å²) in [5, 5.41) is 2.47. The number of ether oxygens (including phenoxy) is 1. The third-order valence-corrected chi connectivity index (χ3v) is 4.04. The average molecular weight is 351 g/mol. The largest absolute Gasteiger partial charge is 0.444 e. The Hall–Kier alpha value is -2.09. The van der Waals surface area contributed by atoms with Crippen LogP contribution in [0.5, 0.6) is 0 Å². The average Bonchev–Trinajstić information content (AvgIpc) is 2.76. The highest BCUT2D eigenvalue weighted by molar-refractivity contribution is 8.14. The van der Waals surface area contributed by atoms with Crippen molar-refractivity contribution in [1.29, 1.82) is 0 Å². The van der Waals surface area contributed by atoms with Gasteiger partial charge in [-0.2, -0.15) is 0 Å². The summed E-state index contributed by atoms with van der Waals surface area (Å²) < 4.78 is 5.18. The Morgan fingerprint density at radius 1 is 1.38 bits per heavy atom. The smallest absolute Gasteiger partial charge is 0.413 e. The summed E-state index contributed by atoms with van der Waals surface area (Å²) in [6, 6.07) is 5.02. The number of hydrogen-bond donors (Lipinski definition) is 1. The van der Waals surface area contributed by atoms with Crippen molar-refractivity contribution in [2.24, 2.45) is 0 Å². The van der Waals surface area contributed by atoms with Crippen molar-refractivity contribution in [3.05, 3.63) is 18.2 Å². The van der Waals surface area contributed by atoms with Gasteiger partial charge in [0.25, 0.3) is 0 Å². The van der Waals surface area contributed by atoms with Gasteiger partial charge in [-0.3, -0.25) is 19.8 Å². The van der Waals surface area contributed by atoms with Crippen LogP contribution in [0.1, 0.15) is 34.1 Å². The summed E-state index contributed by atoms with van der Waals surface area (Å²) in [6.45, 7) is 7.22. The van der Waals surface area contributed by atoms with Gasteiger partial charge in [0.1, 0.15) is 17.2 Å². The highest BCUT2D eigenvalue weighted by Gasteiger charge is 2.32. The standard InChI is InChI=1S/C16H21N3O4S/c1-10(20)24-11-8-14(21)19(9-11)13-7-5-6-12(17-13)18-15(22)23-16(2,3)4/h5-7,11H,8-9H2,1-4H3,(H,17,18,22). The van der Waals surface area contributed by atoms with E-state index >= 15 is 0 Å². The molecule has 1 unspecified atom stereocenters. The molecule has 1 fully saturated rings. The first-order chi connectivity index (χ1) is 11.1. The van der Waals surface area contributed by atoms with Crippen molar-refractivity contribution in [2.75, 3.05) is 16.8 Å². The van der Waals surface area contributed by atoms with Crippen molar-refractivity contribution in [3.63, 3.8) is 0 Å². The Morgan fingerprint density at radius 3 is 2.71 bits per heavy atom. The number of amides is 2. The molecule has 1 aromatic heterocycles. The van der Waals surface area contributed by atoms with E-state index < -0.39 is 11.7 Å². The fourth-order valence-corrected chi connectivity index (χ4v) is 3.18. The van der Waals surface area contributed by atoms with Crippen LogP contribution in [0, 0.1) is 0 Å². The number of carbonyl (C=O) groups is 3.